The van der Waals surface area contributed by atoms with Crippen molar-refractivity contribution in [2.24, 2.45) is 10.1 Å². The largest absolute Gasteiger partial charge is 0.493 e. The van der Waals surface area contributed by atoms with Gasteiger partial charge in [-0.2, -0.15) is 15.1 Å². The molecule has 1 amide bonds. The molecule has 2 aromatic carbocycles. The summed E-state index contributed by atoms with van der Waals surface area (Å²) in [4.78, 5) is 16.7. The molecule has 0 radical (unpaired) electrons. The topological polar surface area (TPSA) is 96.6 Å². The Morgan fingerprint density at radius 2 is 1.83 bits per heavy atom. The number of carbonyl (C=O) groups is 1. The van der Waals surface area contributed by atoms with E-state index in [1.165, 1.54) is 22.3 Å². The number of nitrogens with one attached hydrogen (secondary N) is 1. The number of nitrogens with zero attached hydrogens (tertiary/aromatic N) is 3. The molecule has 2 aromatic rings. The van der Waals surface area contributed by atoms with E-state index in [0.717, 1.165) is 23.6 Å². The van der Waals surface area contributed by atoms with Crippen LogP contribution in [0.25, 0.3) is 6.08 Å². The lowest BCUT2D eigenvalue weighted by molar-refractivity contribution is -0.114. The van der Waals surface area contributed by atoms with Crippen LogP contribution in [0.15, 0.2) is 58.1 Å². The van der Waals surface area contributed by atoms with Crippen LogP contribution in [-0.4, -0.2) is 47.3 Å². The maximum Gasteiger partial charge on any atom is 0.283 e. The van der Waals surface area contributed by atoms with Gasteiger partial charge in [-0.05, 0) is 65.9 Å². The number of carbonyl (C=O) groups excluding carboxylic acids is 1. The Morgan fingerprint density at radius 1 is 1.08 bits per heavy atom. The highest BCUT2D eigenvalue weighted by Gasteiger charge is 2.35. The number of thioether (sulfide) groups is 1. The van der Waals surface area contributed by atoms with Gasteiger partial charge in [0.2, 0.25) is 5.17 Å². The lowest BCUT2D eigenvalue weighted by atomic mass is 9.98. The fourth-order valence-corrected chi connectivity index (χ4v) is 4.60. The molecule has 2 aliphatic rings. The highest BCUT2D eigenvalue weighted by Crippen LogP contribution is 2.32. The number of methoxy groups -OCH3 is 1. The molecule has 188 valence electrons. The zero-order valence-electron chi connectivity index (χ0n) is 20.9. The van der Waals surface area contributed by atoms with Crippen LogP contribution >= 0.6 is 11.8 Å². The molecule has 0 saturated heterocycles. The highest BCUT2D eigenvalue weighted by atomic mass is 32.2. The number of fused-ring (bicyclic) bond motifs is 1. The van der Waals surface area contributed by atoms with E-state index >= 15 is 0 Å². The molecule has 0 saturated carbocycles. The minimum absolute atomic E-state index is 0.00932. The van der Waals surface area contributed by atoms with Crippen molar-refractivity contribution in [3.63, 3.8) is 0 Å². The average molecular weight is 507 g/mol. The number of amides is 1. The number of benzene rings is 2. The van der Waals surface area contributed by atoms with E-state index in [2.05, 4.69) is 30.0 Å². The first-order chi connectivity index (χ1) is 17.4. The van der Waals surface area contributed by atoms with Gasteiger partial charge in [0, 0.05) is 0 Å². The Hall–Kier alpha value is -3.59. The minimum atomic E-state index is -0.458. The molecule has 0 aliphatic carbocycles. The summed E-state index contributed by atoms with van der Waals surface area (Å²) in [6.45, 7) is 7.06. The van der Waals surface area contributed by atoms with Crippen molar-refractivity contribution < 1.29 is 19.0 Å². The maximum absolute atomic E-state index is 12.6. The van der Waals surface area contributed by atoms with Gasteiger partial charge >= 0.3 is 0 Å². The van der Waals surface area contributed by atoms with Crippen LogP contribution in [0.2, 0.25) is 0 Å². The Labute approximate surface area is 215 Å². The van der Waals surface area contributed by atoms with E-state index in [9.17, 15) is 4.79 Å². The second kappa shape index (κ2) is 11.4. The Morgan fingerprint density at radius 3 is 2.56 bits per heavy atom. The van der Waals surface area contributed by atoms with E-state index in [4.69, 9.17) is 19.6 Å². The van der Waals surface area contributed by atoms with Crippen molar-refractivity contribution in [1.29, 1.82) is 5.41 Å². The van der Waals surface area contributed by atoms with Crippen molar-refractivity contribution in [1.82, 2.24) is 5.01 Å². The molecule has 9 heteroatoms. The molecule has 1 atom stereocenters. The summed E-state index contributed by atoms with van der Waals surface area (Å²) >= 11 is 1.32. The second-order valence-corrected chi connectivity index (χ2v) is 9.36. The zero-order chi connectivity index (χ0) is 25.7. The van der Waals surface area contributed by atoms with E-state index in [-0.39, 0.29) is 11.4 Å². The number of aliphatic imine (C=N–C) groups is 1. The Kier molecular flexibility index (Phi) is 8.10. The molecule has 0 bridgehead atoms. The van der Waals surface area contributed by atoms with Gasteiger partial charge in [0.05, 0.1) is 12.7 Å². The van der Waals surface area contributed by atoms with Crippen LogP contribution in [0.5, 0.6) is 17.2 Å². The van der Waals surface area contributed by atoms with Crippen molar-refractivity contribution in [3.8, 4) is 17.2 Å². The molecule has 0 spiro atoms. The molecule has 0 unspecified atom stereocenters. The molecule has 2 heterocycles. The van der Waals surface area contributed by atoms with Crippen LogP contribution in [0, 0.1) is 5.41 Å². The summed E-state index contributed by atoms with van der Waals surface area (Å²) < 4.78 is 17.4. The number of hydrazone groups is 1. The first-order valence-electron chi connectivity index (χ1n) is 12.0. The van der Waals surface area contributed by atoms with Crippen molar-refractivity contribution in [2.45, 2.75) is 39.5 Å². The highest BCUT2D eigenvalue weighted by molar-refractivity contribution is 8.26. The molecular formula is C27H30N4O4S. The number of rotatable bonds is 10. The van der Waals surface area contributed by atoms with E-state index in [0.29, 0.717) is 41.4 Å². The number of para-hydroxylation sites is 1. The van der Waals surface area contributed by atoms with E-state index < -0.39 is 5.91 Å². The van der Waals surface area contributed by atoms with Crippen LogP contribution in [-0.2, 0) is 4.79 Å². The fourth-order valence-electron chi connectivity index (χ4n) is 3.78. The molecule has 36 heavy (non-hydrogen) atoms. The van der Waals surface area contributed by atoms with Gasteiger partial charge in [0.1, 0.15) is 24.0 Å². The van der Waals surface area contributed by atoms with Crippen molar-refractivity contribution in [2.75, 3.05) is 20.3 Å². The normalized spacial score (nSPS) is 17.0. The number of ether oxygens (including phenoxy) is 3. The molecule has 8 nitrogen and oxygen atoms in total. The summed E-state index contributed by atoms with van der Waals surface area (Å²) in [5.74, 6) is 1.93. The number of hydrogen-bond acceptors (Lipinski definition) is 7. The summed E-state index contributed by atoms with van der Waals surface area (Å²) in [6.07, 6.45) is 3.38. The molecule has 0 fully saturated rings. The Balaban J connectivity index is 1.43. The third-order valence-corrected chi connectivity index (χ3v) is 7.01. The standard InChI is InChI=1S/C27H30N4O4S/c1-5-17(3)19-9-7-8-10-21(19)34-13-14-35-22-12-11-18(16-23(22)33-4)15-20-25(28)31-27(29-26(20)32)36-24(6-2)30-31/h7-12,15-17,28H,5-6,13-14H2,1-4H3/b20-15-,28-25?/t17-/m1/s1. The lowest BCUT2D eigenvalue weighted by Crippen LogP contribution is -2.35. The molecule has 4 rings (SSSR count). The van der Waals surface area contributed by atoms with Crippen LogP contribution < -0.4 is 14.2 Å². The predicted molar refractivity (Wildman–Crippen MR) is 144 cm³/mol. The first kappa shape index (κ1) is 25.5. The molecular weight excluding hydrogens is 476 g/mol. The van der Waals surface area contributed by atoms with E-state index in [1.54, 1.807) is 25.3 Å². The maximum atomic E-state index is 12.6. The quantitative estimate of drug-likeness (QED) is 0.328. The average Bonchev–Trinajstić information content (AvgIpc) is 3.32. The lowest BCUT2D eigenvalue weighted by Gasteiger charge is -2.20. The van der Waals surface area contributed by atoms with Gasteiger partial charge < -0.3 is 14.2 Å². The van der Waals surface area contributed by atoms with Gasteiger partial charge in [-0.15, -0.1) is 0 Å². The van der Waals surface area contributed by atoms with Gasteiger partial charge in [-0.1, -0.05) is 45.0 Å². The van der Waals surface area contributed by atoms with Gasteiger partial charge in [0.15, 0.2) is 17.3 Å². The van der Waals surface area contributed by atoms with Crippen molar-refractivity contribution >= 4 is 39.8 Å². The smallest absolute Gasteiger partial charge is 0.283 e. The minimum Gasteiger partial charge on any atom is -0.493 e. The summed E-state index contributed by atoms with van der Waals surface area (Å²) in [5.41, 5.74) is 2.05. The van der Waals surface area contributed by atoms with Crippen LogP contribution in [0.1, 0.15) is 50.7 Å². The molecule has 1 N–H and O–H groups in total. The SMILES string of the molecule is CCC1=NN2C(=N)/C(=C/c3ccc(OCCOc4ccccc4[C@H](C)CC)c(OC)c3)C(=O)N=C2S1. The number of amidine groups is 2. The van der Waals surface area contributed by atoms with Crippen LogP contribution in [0.3, 0.4) is 0 Å². The monoisotopic (exact) mass is 506 g/mol. The van der Waals surface area contributed by atoms with Gasteiger partial charge in [0.25, 0.3) is 5.91 Å². The first-order valence-corrected chi connectivity index (χ1v) is 12.8. The number of hydrogen-bond donors (Lipinski definition) is 1. The van der Waals surface area contributed by atoms with Crippen molar-refractivity contribution in [3.05, 3.63) is 59.2 Å². The Bertz CT molecular complexity index is 1250. The van der Waals surface area contributed by atoms with Crippen LogP contribution in [0.4, 0.5) is 0 Å². The predicted octanol–water partition coefficient (Wildman–Crippen LogP) is 5.70. The molecule has 0 aromatic heterocycles. The van der Waals surface area contributed by atoms with Gasteiger partial charge in [-0.3, -0.25) is 10.2 Å². The summed E-state index contributed by atoms with van der Waals surface area (Å²) in [5, 5.41) is 15.5. The third-order valence-electron chi connectivity index (χ3n) is 5.96. The summed E-state index contributed by atoms with van der Waals surface area (Å²) in [6, 6.07) is 13.4. The zero-order valence-corrected chi connectivity index (χ0v) is 21.7. The second-order valence-electron chi connectivity index (χ2n) is 8.32. The third kappa shape index (κ3) is 5.46. The fraction of sp³-hybridized carbons (Fsp3) is 0.333. The summed E-state index contributed by atoms with van der Waals surface area (Å²) in [7, 11) is 1.56. The van der Waals surface area contributed by atoms with Gasteiger partial charge in [-0.25, -0.2) is 0 Å². The molecule has 2 aliphatic heterocycles. The van der Waals surface area contributed by atoms with E-state index in [1.807, 2.05) is 31.2 Å².